The van der Waals surface area contributed by atoms with Crippen LogP contribution in [-0.4, -0.2) is 43.7 Å². The third-order valence-electron chi connectivity index (χ3n) is 4.08. The fourth-order valence-electron chi connectivity index (χ4n) is 2.92. The number of hydrogen-bond donors (Lipinski definition) is 1. The second-order valence-corrected chi connectivity index (χ2v) is 5.79. The van der Waals surface area contributed by atoms with Crippen molar-refractivity contribution in [2.24, 2.45) is 0 Å². The summed E-state index contributed by atoms with van der Waals surface area (Å²) in [5.41, 5.74) is 0.0187. The summed E-state index contributed by atoms with van der Waals surface area (Å²) in [4.78, 5) is 13.5. The zero-order valence-corrected chi connectivity index (χ0v) is 13.7. The quantitative estimate of drug-likeness (QED) is 0.806. The van der Waals surface area contributed by atoms with E-state index in [1.807, 2.05) is 0 Å². The second-order valence-electron chi connectivity index (χ2n) is 5.79. The van der Waals surface area contributed by atoms with E-state index in [2.05, 4.69) is 10.2 Å². The molecular weight excluding hydrogens is 321 g/mol. The van der Waals surface area contributed by atoms with Crippen LogP contribution in [0.3, 0.4) is 0 Å². The van der Waals surface area contributed by atoms with Crippen LogP contribution in [0.4, 0.5) is 13.2 Å². The van der Waals surface area contributed by atoms with Gasteiger partial charge in [0.1, 0.15) is 0 Å². The molecule has 1 heterocycles. The molecule has 1 fully saturated rings. The number of alkyl halides is 3. The molecule has 1 N–H and O–H groups in total. The minimum absolute atomic E-state index is 0.122. The molecule has 2 rings (SSSR count). The Morgan fingerprint density at radius 1 is 1.42 bits per heavy atom. The number of nitrogens with one attached hydrogen (secondary N) is 1. The Morgan fingerprint density at radius 2 is 2.21 bits per heavy atom. The Bertz CT molecular complexity index is 549. The van der Waals surface area contributed by atoms with Crippen LogP contribution in [0.5, 0.6) is 0 Å². The van der Waals surface area contributed by atoms with Gasteiger partial charge in [-0.3, -0.25) is 9.69 Å². The lowest BCUT2D eigenvalue weighted by atomic mass is 10.00. The Morgan fingerprint density at radius 3 is 2.92 bits per heavy atom. The number of carbonyl (C=O) groups is 1. The van der Waals surface area contributed by atoms with Gasteiger partial charge in [-0.25, -0.2) is 0 Å². The van der Waals surface area contributed by atoms with Gasteiger partial charge in [0.25, 0.3) is 0 Å². The van der Waals surface area contributed by atoms with Crippen molar-refractivity contribution < 1.29 is 22.7 Å². The minimum Gasteiger partial charge on any atom is -0.466 e. The SMILES string of the molecule is CCOC(=O)CCCN1CCNCC1c1cccc(C(F)(F)F)c1. The average molecular weight is 344 g/mol. The van der Waals surface area contributed by atoms with Gasteiger partial charge in [-0.1, -0.05) is 12.1 Å². The highest BCUT2D eigenvalue weighted by atomic mass is 19.4. The maximum Gasteiger partial charge on any atom is 0.416 e. The fraction of sp³-hybridized carbons (Fsp3) is 0.588. The zero-order chi connectivity index (χ0) is 17.6. The van der Waals surface area contributed by atoms with Gasteiger partial charge in [0.15, 0.2) is 0 Å². The number of nitrogens with zero attached hydrogens (tertiary/aromatic N) is 1. The molecule has 7 heteroatoms. The highest BCUT2D eigenvalue weighted by Crippen LogP contribution is 2.32. The number of hydrogen-bond acceptors (Lipinski definition) is 4. The lowest BCUT2D eigenvalue weighted by molar-refractivity contribution is -0.143. The predicted octanol–water partition coefficient (Wildman–Crippen LogP) is 3.00. The monoisotopic (exact) mass is 344 g/mol. The number of rotatable bonds is 6. The van der Waals surface area contributed by atoms with Crippen LogP contribution in [-0.2, 0) is 15.7 Å². The molecule has 0 spiro atoms. The van der Waals surface area contributed by atoms with Crippen molar-refractivity contribution in [1.82, 2.24) is 10.2 Å². The number of ether oxygens (including phenoxy) is 1. The predicted molar refractivity (Wildman–Crippen MR) is 84.5 cm³/mol. The van der Waals surface area contributed by atoms with Gasteiger partial charge in [0, 0.05) is 32.1 Å². The van der Waals surface area contributed by atoms with Crippen molar-refractivity contribution in [3.8, 4) is 0 Å². The maximum absolute atomic E-state index is 12.9. The molecule has 1 saturated heterocycles. The first kappa shape index (κ1) is 18.7. The molecule has 1 aliphatic rings. The largest absolute Gasteiger partial charge is 0.466 e. The summed E-state index contributed by atoms with van der Waals surface area (Å²) >= 11 is 0. The molecule has 1 atom stereocenters. The van der Waals surface area contributed by atoms with Crippen LogP contribution in [0.1, 0.15) is 36.9 Å². The van der Waals surface area contributed by atoms with Crippen molar-refractivity contribution in [3.63, 3.8) is 0 Å². The maximum atomic E-state index is 12.9. The van der Waals surface area contributed by atoms with Crippen molar-refractivity contribution in [2.45, 2.75) is 32.0 Å². The molecule has 134 valence electrons. The summed E-state index contributed by atoms with van der Waals surface area (Å²) in [7, 11) is 0. The Kier molecular flexibility index (Phi) is 6.62. The van der Waals surface area contributed by atoms with E-state index < -0.39 is 11.7 Å². The second kappa shape index (κ2) is 8.48. The number of esters is 1. The average Bonchev–Trinajstić information content (AvgIpc) is 2.55. The summed E-state index contributed by atoms with van der Waals surface area (Å²) in [6, 6.07) is 5.36. The zero-order valence-electron chi connectivity index (χ0n) is 13.7. The smallest absolute Gasteiger partial charge is 0.416 e. The van der Waals surface area contributed by atoms with E-state index in [1.54, 1.807) is 13.0 Å². The van der Waals surface area contributed by atoms with Crippen LogP contribution in [0.15, 0.2) is 24.3 Å². The summed E-state index contributed by atoms with van der Waals surface area (Å²) in [5.74, 6) is -0.233. The van der Waals surface area contributed by atoms with E-state index in [1.165, 1.54) is 12.1 Å². The Labute approximate surface area is 140 Å². The van der Waals surface area contributed by atoms with Crippen molar-refractivity contribution in [1.29, 1.82) is 0 Å². The third-order valence-corrected chi connectivity index (χ3v) is 4.08. The van der Waals surface area contributed by atoms with Gasteiger partial charge in [-0.2, -0.15) is 13.2 Å². The summed E-state index contributed by atoms with van der Waals surface area (Å²) < 4.78 is 43.6. The Balaban J connectivity index is 2.02. The van der Waals surface area contributed by atoms with E-state index in [0.717, 1.165) is 19.2 Å². The van der Waals surface area contributed by atoms with Crippen molar-refractivity contribution >= 4 is 5.97 Å². The molecule has 0 amide bonds. The van der Waals surface area contributed by atoms with Gasteiger partial charge in [-0.15, -0.1) is 0 Å². The molecule has 1 aliphatic heterocycles. The first-order valence-corrected chi connectivity index (χ1v) is 8.19. The molecular formula is C17H23F3N2O2. The lowest BCUT2D eigenvalue weighted by Crippen LogP contribution is -2.46. The van der Waals surface area contributed by atoms with Crippen LogP contribution >= 0.6 is 0 Å². The van der Waals surface area contributed by atoms with Crippen molar-refractivity contribution in [3.05, 3.63) is 35.4 Å². The molecule has 0 aliphatic carbocycles. The highest BCUT2D eigenvalue weighted by molar-refractivity contribution is 5.69. The molecule has 4 nitrogen and oxygen atoms in total. The summed E-state index contributed by atoms with van der Waals surface area (Å²) in [6.45, 7) is 4.90. The first-order chi connectivity index (χ1) is 11.4. The van der Waals surface area contributed by atoms with Gasteiger partial charge in [0.2, 0.25) is 0 Å². The standard InChI is InChI=1S/C17H23F3N2O2/c1-2-24-16(23)7-4-9-22-10-8-21-12-15(22)13-5-3-6-14(11-13)17(18,19)20/h3,5-6,11,15,21H,2,4,7-10,12H2,1H3. The number of benzene rings is 1. The van der Waals surface area contributed by atoms with E-state index in [-0.39, 0.29) is 12.0 Å². The summed E-state index contributed by atoms with van der Waals surface area (Å²) in [6.07, 6.45) is -3.38. The van der Waals surface area contributed by atoms with E-state index in [4.69, 9.17) is 4.74 Å². The third kappa shape index (κ3) is 5.21. The molecule has 24 heavy (non-hydrogen) atoms. The van der Waals surface area contributed by atoms with Gasteiger partial charge in [0.05, 0.1) is 12.2 Å². The summed E-state index contributed by atoms with van der Waals surface area (Å²) in [5, 5.41) is 3.23. The minimum atomic E-state index is -4.34. The molecule has 0 radical (unpaired) electrons. The Hall–Kier alpha value is -1.60. The molecule has 0 saturated carbocycles. The lowest BCUT2D eigenvalue weighted by Gasteiger charge is -2.36. The normalized spacial score (nSPS) is 19.2. The van der Waals surface area contributed by atoms with Gasteiger partial charge < -0.3 is 10.1 Å². The van der Waals surface area contributed by atoms with E-state index in [0.29, 0.717) is 38.1 Å². The molecule has 0 aromatic heterocycles. The molecule has 0 bridgehead atoms. The van der Waals surface area contributed by atoms with Crippen LogP contribution in [0.2, 0.25) is 0 Å². The van der Waals surface area contributed by atoms with Gasteiger partial charge >= 0.3 is 12.1 Å². The van der Waals surface area contributed by atoms with Gasteiger partial charge in [-0.05, 0) is 37.6 Å². The first-order valence-electron chi connectivity index (χ1n) is 8.19. The highest BCUT2D eigenvalue weighted by Gasteiger charge is 2.32. The molecule has 1 aromatic rings. The van der Waals surface area contributed by atoms with E-state index in [9.17, 15) is 18.0 Å². The van der Waals surface area contributed by atoms with E-state index >= 15 is 0 Å². The fourth-order valence-corrected chi connectivity index (χ4v) is 2.92. The number of carbonyl (C=O) groups excluding carboxylic acids is 1. The van der Waals surface area contributed by atoms with Crippen molar-refractivity contribution in [2.75, 3.05) is 32.8 Å². The van der Waals surface area contributed by atoms with Crippen LogP contribution in [0.25, 0.3) is 0 Å². The molecule has 1 unspecified atom stereocenters. The topological polar surface area (TPSA) is 41.6 Å². The number of piperazine rings is 1. The van der Waals surface area contributed by atoms with Crippen LogP contribution in [0, 0.1) is 0 Å². The van der Waals surface area contributed by atoms with Crippen LogP contribution < -0.4 is 5.32 Å². The number of halogens is 3. The molecule has 1 aromatic carbocycles.